The van der Waals surface area contributed by atoms with E-state index in [0.29, 0.717) is 11.5 Å². The molecule has 1 aliphatic rings. The topological polar surface area (TPSA) is 78.5 Å². The van der Waals surface area contributed by atoms with E-state index in [9.17, 15) is 13.2 Å². The molecule has 25 heavy (non-hydrogen) atoms. The molecular weight excluding hydrogens is 338 g/mol. The van der Waals surface area contributed by atoms with Crippen molar-refractivity contribution in [3.8, 4) is 0 Å². The van der Waals surface area contributed by atoms with Gasteiger partial charge in [-0.3, -0.25) is 4.79 Å². The molecule has 0 bridgehead atoms. The fourth-order valence-corrected chi connectivity index (χ4v) is 3.61. The highest BCUT2D eigenvalue weighted by atomic mass is 32.2. The van der Waals surface area contributed by atoms with Gasteiger partial charge < -0.3 is 10.2 Å². The Morgan fingerprint density at radius 3 is 2.40 bits per heavy atom. The Morgan fingerprint density at radius 1 is 1.20 bits per heavy atom. The van der Waals surface area contributed by atoms with Crippen LogP contribution in [0.25, 0.3) is 0 Å². The first kappa shape index (κ1) is 19.9. The molecule has 0 atom stereocenters. The van der Waals surface area contributed by atoms with Crippen molar-refractivity contribution in [2.45, 2.75) is 32.7 Å². The molecule has 7 heteroatoms. The second kappa shape index (κ2) is 9.31. The van der Waals surface area contributed by atoms with E-state index >= 15 is 0 Å². The molecule has 1 heterocycles. The number of piperidine rings is 1. The second-order valence-corrected chi connectivity index (χ2v) is 8.64. The molecule has 1 aromatic rings. The fourth-order valence-electron chi connectivity index (χ4n) is 3.02. The quantitative estimate of drug-likeness (QED) is 0.731. The maximum Gasteiger partial charge on any atom is 0.253 e. The van der Waals surface area contributed by atoms with Crippen molar-refractivity contribution in [3.63, 3.8) is 0 Å². The molecule has 140 valence electrons. The second-order valence-electron chi connectivity index (χ2n) is 6.55. The predicted octanol–water partition coefficient (Wildman–Crippen LogP) is 1.59. The van der Waals surface area contributed by atoms with Crippen molar-refractivity contribution in [2.24, 2.45) is 5.92 Å². The Balaban J connectivity index is 1.86. The summed E-state index contributed by atoms with van der Waals surface area (Å²) in [6, 6.07) is 7.19. The third-order valence-electron chi connectivity index (χ3n) is 4.78. The fraction of sp³-hybridized carbons (Fsp3) is 0.611. The van der Waals surface area contributed by atoms with Gasteiger partial charge in [-0.05, 0) is 63.4 Å². The van der Waals surface area contributed by atoms with Gasteiger partial charge in [0.05, 0.1) is 5.75 Å². The molecule has 0 unspecified atom stereocenters. The van der Waals surface area contributed by atoms with Gasteiger partial charge in [-0.25, -0.2) is 13.1 Å². The van der Waals surface area contributed by atoms with Gasteiger partial charge in [0.25, 0.3) is 5.91 Å². The number of rotatable bonds is 8. The van der Waals surface area contributed by atoms with E-state index in [1.165, 1.54) is 6.42 Å². The molecule has 2 rings (SSSR count). The van der Waals surface area contributed by atoms with Crippen LogP contribution < -0.4 is 10.0 Å². The third kappa shape index (κ3) is 6.09. The number of amides is 1. The Morgan fingerprint density at radius 2 is 1.84 bits per heavy atom. The highest BCUT2D eigenvalue weighted by molar-refractivity contribution is 7.89. The zero-order chi connectivity index (χ0) is 18.3. The highest BCUT2D eigenvalue weighted by Gasteiger charge is 2.23. The van der Waals surface area contributed by atoms with Gasteiger partial charge in [-0.2, -0.15) is 0 Å². The van der Waals surface area contributed by atoms with Crippen LogP contribution in [0, 0.1) is 5.92 Å². The van der Waals surface area contributed by atoms with Gasteiger partial charge >= 0.3 is 0 Å². The Labute approximate surface area is 151 Å². The summed E-state index contributed by atoms with van der Waals surface area (Å²) in [7, 11) is -1.24. The summed E-state index contributed by atoms with van der Waals surface area (Å²) in [5.41, 5.74) is 1.51. The average Bonchev–Trinajstić information content (AvgIpc) is 2.65. The van der Waals surface area contributed by atoms with Gasteiger partial charge in [-0.15, -0.1) is 0 Å². The first-order valence-corrected chi connectivity index (χ1v) is 10.6. The molecule has 1 amide bonds. The van der Waals surface area contributed by atoms with Crippen LogP contribution in [0.15, 0.2) is 24.3 Å². The molecule has 6 nitrogen and oxygen atoms in total. The largest absolute Gasteiger partial charge is 0.339 e. The summed E-state index contributed by atoms with van der Waals surface area (Å²) in [4.78, 5) is 14.5. The molecule has 0 aliphatic carbocycles. The number of likely N-dealkylation sites (tertiary alicyclic amines) is 1. The first-order valence-electron chi connectivity index (χ1n) is 8.95. The van der Waals surface area contributed by atoms with Crippen LogP contribution in [0.5, 0.6) is 0 Å². The lowest BCUT2D eigenvalue weighted by atomic mass is 9.93. The van der Waals surface area contributed by atoms with Gasteiger partial charge in [-0.1, -0.05) is 12.1 Å². The van der Waals surface area contributed by atoms with E-state index in [0.717, 1.165) is 38.0 Å². The van der Waals surface area contributed by atoms with Crippen LogP contribution in [0.4, 0.5) is 0 Å². The van der Waals surface area contributed by atoms with Crippen LogP contribution in [-0.4, -0.2) is 51.7 Å². The number of nitrogens with zero attached hydrogens (tertiary/aromatic N) is 1. The molecule has 1 fully saturated rings. The Bertz CT molecular complexity index is 651. The van der Waals surface area contributed by atoms with Crippen molar-refractivity contribution >= 4 is 15.9 Å². The zero-order valence-corrected chi connectivity index (χ0v) is 15.9. The van der Waals surface area contributed by atoms with E-state index in [1.54, 1.807) is 19.1 Å². The maximum absolute atomic E-state index is 12.6. The van der Waals surface area contributed by atoms with Crippen molar-refractivity contribution in [3.05, 3.63) is 35.4 Å². The molecule has 0 radical (unpaired) electrons. The smallest absolute Gasteiger partial charge is 0.253 e. The van der Waals surface area contributed by atoms with E-state index in [2.05, 4.69) is 10.0 Å². The third-order valence-corrected chi connectivity index (χ3v) is 6.13. The van der Waals surface area contributed by atoms with Crippen molar-refractivity contribution in [1.29, 1.82) is 0 Å². The lowest BCUT2D eigenvalue weighted by Gasteiger charge is -2.32. The number of hydrogen-bond acceptors (Lipinski definition) is 4. The maximum atomic E-state index is 12.6. The lowest BCUT2D eigenvalue weighted by Crippen LogP contribution is -2.39. The predicted molar refractivity (Wildman–Crippen MR) is 99.9 cm³/mol. The molecule has 0 saturated carbocycles. The van der Waals surface area contributed by atoms with Crippen molar-refractivity contribution in [2.75, 3.05) is 32.4 Å². The normalized spacial score (nSPS) is 16.2. The summed E-state index contributed by atoms with van der Waals surface area (Å²) in [6.07, 6.45) is 3.29. The molecule has 1 aliphatic heterocycles. The van der Waals surface area contributed by atoms with E-state index < -0.39 is 10.0 Å². The minimum absolute atomic E-state index is 0.0627. The van der Waals surface area contributed by atoms with E-state index in [1.807, 2.05) is 24.1 Å². The average molecular weight is 368 g/mol. The summed E-state index contributed by atoms with van der Waals surface area (Å²) < 4.78 is 25.5. The summed E-state index contributed by atoms with van der Waals surface area (Å²) in [5.74, 6) is 0.826. The summed E-state index contributed by atoms with van der Waals surface area (Å²) >= 11 is 0. The standard InChI is InChI=1S/C18H29N3O3S/c1-3-25(23,24)20-14-16-4-6-17(7-5-16)18(22)21-12-9-15(10-13-21)8-11-19-2/h4-7,15,19-20H,3,8-14H2,1-2H3. The molecule has 1 aromatic carbocycles. The number of carbonyl (C=O) groups is 1. The monoisotopic (exact) mass is 367 g/mol. The van der Waals surface area contributed by atoms with Crippen molar-refractivity contribution in [1.82, 2.24) is 14.9 Å². The lowest BCUT2D eigenvalue weighted by molar-refractivity contribution is 0.0687. The SMILES string of the molecule is CCS(=O)(=O)NCc1ccc(C(=O)N2CCC(CCNC)CC2)cc1. The van der Waals surface area contributed by atoms with Crippen LogP contribution in [0.2, 0.25) is 0 Å². The summed E-state index contributed by atoms with van der Waals surface area (Å²) in [5, 5.41) is 3.18. The number of sulfonamides is 1. The molecule has 1 saturated heterocycles. The van der Waals surface area contributed by atoms with Gasteiger partial charge in [0.1, 0.15) is 0 Å². The molecule has 2 N–H and O–H groups in total. The number of benzene rings is 1. The highest BCUT2D eigenvalue weighted by Crippen LogP contribution is 2.21. The molecule has 0 aromatic heterocycles. The van der Waals surface area contributed by atoms with Crippen LogP contribution in [0.1, 0.15) is 42.1 Å². The molecular formula is C18H29N3O3S. The first-order chi connectivity index (χ1) is 11.9. The van der Waals surface area contributed by atoms with Gasteiger partial charge in [0.15, 0.2) is 0 Å². The number of nitrogens with one attached hydrogen (secondary N) is 2. The number of carbonyl (C=O) groups excluding carboxylic acids is 1. The van der Waals surface area contributed by atoms with Crippen LogP contribution in [0.3, 0.4) is 0 Å². The van der Waals surface area contributed by atoms with Crippen molar-refractivity contribution < 1.29 is 13.2 Å². The zero-order valence-electron chi connectivity index (χ0n) is 15.1. The Hall–Kier alpha value is -1.44. The van der Waals surface area contributed by atoms with E-state index in [-0.39, 0.29) is 18.2 Å². The minimum atomic E-state index is -3.20. The van der Waals surface area contributed by atoms with Gasteiger partial charge in [0.2, 0.25) is 10.0 Å². The molecule has 0 spiro atoms. The summed E-state index contributed by atoms with van der Waals surface area (Å²) in [6.45, 7) is 4.51. The van der Waals surface area contributed by atoms with Gasteiger partial charge in [0, 0.05) is 25.2 Å². The van der Waals surface area contributed by atoms with Crippen LogP contribution in [-0.2, 0) is 16.6 Å². The Kier molecular flexibility index (Phi) is 7.40. The minimum Gasteiger partial charge on any atom is -0.339 e. The van der Waals surface area contributed by atoms with Crippen LogP contribution >= 0.6 is 0 Å². The van der Waals surface area contributed by atoms with E-state index in [4.69, 9.17) is 0 Å². The number of hydrogen-bond donors (Lipinski definition) is 2.